The number of unbranched alkanes of at least 4 members (excludes halogenated alkanes) is 2. The van der Waals surface area contributed by atoms with Gasteiger partial charge in [0.15, 0.2) is 0 Å². The molecule has 0 amide bonds. The number of thioether (sulfide) groups is 1. The van der Waals surface area contributed by atoms with Crippen LogP contribution in [0.15, 0.2) is 0 Å². The second kappa shape index (κ2) is 8.13. The summed E-state index contributed by atoms with van der Waals surface area (Å²) < 4.78 is 5.33. The first-order valence-electron chi connectivity index (χ1n) is 5.19. The van der Waals surface area contributed by atoms with Gasteiger partial charge in [-0.25, -0.2) is 0 Å². The van der Waals surface area contributed by atoms with Crippen LogP contribution < -0.4 is 0 Å². The lowest BCUT2D eigenvalue weighted by Crippen LogP contribution is -2.17. The zero-order valence-electron chi connectivity index (χ0n) is 8.14. The van der Waals surface area contributed by atoms with Gasteiger partial charge in [-0.3, -0.25) is 0 Å². The average Bonchev–Trinajstić information content (AvgIpc) is 2.19. The van der Waals surface area contributed by atoms with Crippen molar-refractivity contribution >= 4 is 27.7 Å². The minimum Gasteiger partial charge on any atom is -0.381 e. The van der Waals surface area contributed by atoms with Crippen molar-refractivity contribution in [3.63, 3.8) is 0 Å². The molecule has 1 nitrogen and oxygen atoms in total. The molecule has 13 heavy (non-hydrogen) atoms. The van der Waals surface area contributed by atoms with E-state index in [2.05, 4.69) is 27.7 Å². The average molecular weight is 267 g/mol. The molecule has 3 heteroatoms. The van der Waals surface area contributed by atoms with Crippen molar-refractivity contribution in [3.8, 4) is 0 Å². The lowest BCUT2D eigenvalue weighted by Gasteiger charge is -2.21. The van der Waals surface area contributed by atoms with E-state index in [1.165, 1.54) is 37.9 Å². The maximum Gasteiger partial charge on any atom is 0.0476 e. The maximum absolute atomic E-state index is 5.33. The topological polar surface area (TPSA) is 9.23 Å². The standard InChI is InChI=1S/C10H19BrOS/c11-6-2-1-3-9-13-10-4-7-12-8-5-10/h10H,1-9H2. The minimum absolute atomic E-state index is 0.887. The number of rotatable bonds is 6. The molecular weight excluding hydrogens is 248 g/mol. The highest BCUT2D eigenvalue weighted by molar-refractivity contribution is 9.09. The van der Waals surface area contributed by atoms with Crippen molar-refractivity contribution in [1.82, 2.24) is 0 Å². The largest absolute Gasteiger partial charge is 0.381 e. The highest BCUT2D eigenvalue weighted by atomic mass is 79.9. The quantitative estimate of drug-likeness (QED) is 0.538. The Balaban J connectivity index is 1.86. The van der Waals surface area contributed by atoms with Gasteiger partial charge in [-0.2, -0.15) is 11.8 Å². The summed E-state index contributed by atoms with van der Waals surface area (Å²) >= 11 is 5.61. The Labute approximate surface area is 94.1 Å². The molecule has 0 aromatic heterocycles. The van der Waals surface area contributed by atoms with Crippen LogP contribution in [0.1, 0.15) is 32.1 Å². The normalized spacial score (nSPS) is 19.2. The lowest BCUT2D eigenvalue weighted by atomic mass is 10.2. The molecule has 1 fully saturated rings. The second-order valence-electron chi connectivity index (χ2n) is 3.43. The van der Waals surface area contributed by atoms with E-state index in [1.54, 1.807) is 0 Å². The van der Waals surface area contributed by atoms with Crippen LogP contribution >= 0.6 is 27.7 Å². The van der Waals surface area contributed by atoms with E-state index in [1.807, 2.05) is 0 Å². The Hall–Kier alpha value is 0.790. The molecular formula is C10H19BrOS. The number of hydrogen-bond acceptors (Lipinski definition) is 2. The van der Waals surface area contributed by atoms with Crippen LogP contribution in [0.4, 0.5) is 0 Å². The molecule has 78 valence electrons. The van der Waals surface area contributed by atoms with Crippen molar-refractivity contribution in [2.75, 3.05) is 24.3 Å². The van der Waals surface area contributed by atoms with Crippen LogP contribution in [0.5, 0.6) is 0 Å². The summed E-state index contributed by atoms with van der Waals surface area (Å²) in [4.78, 5) is 0. The van der Waals surface area contributed by atoms with Gasteiger partial charge in [0.25, 0.3) is 0 Å². The maximum atomic E-state index is 5.33. The number of alkyl halides is 1. The molecule has 0 bridgehead atoms. The summed E-state index contributed by atoms with van der Waals surface area (Å²) in [6.07, 6.45) is 6.62. The van der Waals surface area contributed by atoms with E-state index in [0.29, 0.717) is 0 Å². The second-order valence-corrected chi connectivity index (χ2v) is 5.63. The molecule has 0 aliphatic carbocycles. The predicted octanol–water partition coefficient (Wildman–Crippen LogP) is 3.46. The fourth-order valence-electron chi connectivity index (χ4n) is 1.47. The Morgan fingerprint density at radius 1 is 1.15 bits per heavy atom. The molecule has 0 N–H and O–H groups in total. The van der Waals surface area contributed by atoms with Crippen LogP contribution in [0, 0.1) is 0 Å². The third kappa shape index (κ3) is 5.97. The molecule has 0 aromatic carbocycles. The van der Waals surface area contributed by atoms with Gasteiger partial charge >= 0.3 is 0 Å². The molecule has 1 saturated heterocycles. The molecule has 0 saturated carbocycles. The fraction of sp³-hybridized carbons (Fsp3) is 1.00. The van der Waals surface area contributed by atoms with Crippen LogP contribution in [0.3, 0.4) is 0 Å². The molecule has 0 radical (unpaired) electrons. The summed E-state index contributed by atoms with van der Waals surface area (Å²) in [7, 11) is 0. The highest BCUT2D eigenvalue weighted by Gasteiger charge is 2.12. The van der Waals surface area contributed by atoms with Gasteiger partial charge in [-0.05, 0) is 31.4 Å². The number of halogens is 1. The first-order chi connectivity index (χ1) is 6.43. The Morgan fingerprint density at radius 3 is 2.62 bits per heavy atom. The third-order valence-corrected chi connectivity index (χ3v) is 4.33. The van der Waals surface area contributed by atoms with Gasteiger partial charge in [-0.15, -0.1) is 0 Å². The van der Waals surface area contributed by atoms with E-state index in [0.717, 1.165) is 23.8 Å². The molecule has 1 rings (SSSR count). The van der Waals surface area contributed by atoms with Gasteiger partial charge in [0, 0.05) is 23.8 Å². The van der Waals surface area contributed by atoms with Crippen molar-refractivity contribution < 1.29 is 4.74 Å². The molecule has 0 atom stereocenters. The van der Waals surface area contributed by atoms with Crippen LogP contribution in [-0.4, -0.2) is 29.5 Å². The third-order valence-electron chi connectivity index (χ3n) is 2.30. The van der Waals surface area contributed by atoms with Gasteiger partial charge in [0.05, 0.1) is 0 Å². The predicted molar refractivity (Wildman–Crippen MR) is 63.9 cm³/mol. The molecule has 0 aromatic rings. The summed E-state index contributed by atoms with van der Waals surface area (Å²) in [6.45, 7) is 1.97. The van der Waals surface area contributed by atoms with Crippen molar-refractivity contribution in [2.24, 2.45) is 0 Å². The fourth-order valence-corrected chi connectivity index (χ4v) is 3.09. The molecule has 1 aliphatic rings. The minimum atomic E-state index is 0.887. The summed E-state index contributed by atoms with van der Waals surface area (Å²) in [5, 5.41) is 2.05. The van der Waals surface area contributed by atoms with Crippen LogP contribution in [0.25, 0.3) is 0 Å². The van der Waals surface area contributed by atoms with E-state index in [-0.39, 0.29) is 0 Å². The Morgan fingerprint density at radius 2 is 1.92 bits per heavy atom. The van der Waals surface area contributed by atoms with Crippen molar-refractivity contribution in [3.05, 3.63) is 0 Å². The monoisotopic (exact) mass is 266 g/mol. The summed E-state index contributed by atoms with van der Waals surface area (Å²) in [5.41, 5.74) is 0. The van der Waals surface area contributed by atoms with Crippen LogP contribution in [0.2, 0.25) is 0 Å². The van der Waals surface area contributed by atoms with Crippen LogP contribution in [-0.2, 0) is 4.74 Å². The van der Waals surface area contributed by atoms with Gasteiger partial charge < -0.3 is 4.74 Å². The highest BCUT2D eigenvalue weighted by Crippen LogP contribution is 2.23. The lowest BCUT2D eigenvalue weighted by molar-refractivity contribution is 0.100. The first kappa shape index (κ1) is 11.9. The molecule has 1 heterocycles. The smallest absolute Gasteiger partial charge is 0.0476 e. The Bertz CT molecular complexity index is 115. The molecule has 0 unspecified atom stereocenters. The first-order valence-corrected chi connectivity index (χ1v) is 7.36. The van der Waals surface area contributed by atoms with E-state index >= 15 is 0 Å². The van der Waals surface area contributed by atoms with Gasteiger partial charge in [-0.1, -0.05) is 22.4 Å². The summed E-state index contributed by atoms with van der Waals surface area (Å²) in [5.74, 6) is 1.34. The number of hydrogen-bond donors (Lipinski definition) is 0. The van der Waals surface area contributed by atoms with Gasteiger partial charge in [0.1, 0.15) is 0 Å². The number of ether oxygens (including phenoxy) is 1. The van der Waals surface area contributed by atoms with Crippen molar-refractivity contribution in [2.45, 2.75) is 37.4 Å². The van der Waals surface area contributed by atoms with E-state index in [4.69, 9.17) is 4.74 Å². The summed E-state index contributed by atoms with van der Waals surface area (Å²) in [6, 6.07) is 0. The van der Waals surface area contributed by atoms with Gasteiger partial charge in [0.2, 0.25) is 0 Å². The van der Waals surface area contributed by atoms with E-state index in [9.17, 15) is 0 Å². The van der Waals surface area contributed by atoms with E-state index < -0.39 is 0 Å². The SMILES string of the molecule is BrCCCCCSC1CCOCC1. The molecule has 0 spiro atoms. The zero-order chi connectivity index (χ0) is 9.36. The zero-order valence-corrected chi connectivity index (χ0v) is 10.5. The Kier molecular flexibility index (Phi) is 7.42. The molecule has 1 aliphatic heterocycles. The van der Waals surface area contributed by atoms with Crippen molar-refractivity contribution in [1.29, 1.82) is 0 Å².